The molecule has 5 rings (SSSR count). The van der Waals surface area contributed by atoms with E-state index in [4.69, 9.17) is 25.7 Å². The molecule has 0 spiro atoms. The van der Waals surface area contributed by atoms with Crippen molar-refractivity contribution >= 4 is 28.5 Å². The summed E-state index contributed by atoms with van der Waals surface area (Å²) in [6.07, 6.45) is 1.54. The molecule has 1 aliphatic heterocycles. The Morgan fingerprint density at radius 2 is 1.94 bits per heavy atom. The first-order valence-electron chi connectivity index (χ1n) is 11.4. The fraction of sp³-hybridized carbons (Fsp3) is 0.346. The number of morpholine rings is 1. The molecule has 0 aliphatic carbocycles. The van der Waals surface area contributed by atoms with Gasteiger partial charge in [0.2, 0.25) is 0 Å². The van der Waals surface area contributed by atoms with E-state index in [2.05, 4.69) is 5.10 Å². The first-order chi connectivity index (χ1) is 16.3. The minimum atomic E-state index is -0.205. The highest BCUT2D eigenvalue weighted by molar-refractivity contribution is 6.30. The zero-order valence-electron chi connectivity index (χ0n) is 19.7. The Morgan fingerprint density at radius 3 is 2.62 bits per heavy atom. The molecule has 1 fully saturated rings. The Hall–Kier alpha value is -3.16. The van der Waals surface area contributed by atoms with Crippen LogP contribution in [0.2, 0.25) is 5.02 Å². The van der Waals surface area contributed by atoms with E-state index < -0.39 is 0 Å². The number of aromatic nitrogens is 3. The number of rotatable bonds is 4. The Labute approximate surface area is 203 Å². The molecule has 3 aromatic heterocycles. The van der Waals surface area contributed by atoms with Crippen LogP contribution in [-0.2, 0) is 4.74 Å². The number of aryl methyl sites for hydroxylation is 2. The Bertz CT molecular complexity index is 1360. The van der Waals surface area contributed by atoms with E-state index in [0.717, 1.165) is 28.0 Å². The van der Waals surface area contributed by atoms with Crippen molar-refractivity contribution in [1.82, 2.24) is 19.7 Å². The standard InChI is InChI=1S/C26H27ClN4O3/c1-15(2)31-25-22(13-28-31)21(12-23(29-25)20-11-16(3)34-17(20)4)26(32)30-9-10-33-24(14-30)18-5-7-19(27)8-6-18/h5-8,11-13,15,24H,9-10,14H2,1-4H3. The smallest absolute Gasteiger partial charge is 0.254 e. The van der Waals surface area contributed by atoms with Gasteiger partial charge in [0, 0.05) is 23.2 Å². The van der Waals surface area contributed by atoms with Crippen LogP contribution in [0.15, 0.2) is 47.0 Å². The predicted molar refractivity (Wildman–Crippen MR) is 131 cm³/mol. The molecular weight excluding hydrogens is 452 g/mol. The van der Waals surface area contributed by atoms with E-state index >= 15 is 0 Å². The van der Waals surface area contributed by atoms with Gasteiger partial charge in [-0.05, 0) is 57.5 Å². The molecule has 1 amide bonds. The van der Waals surface area contributed by atoms with Crippen LogP contribution in [0.5, 0.6) is 0 Å². The van der Waals surface area contributed by atoms with Gasteiger partial charge in [0.15, 0.2) is 5.65 Å². The third kappa shape index (κ3) is 4.10. The van der Waals surface area contributed by atoms with Crippen molar-refractivity contribution in [2.45, 2.75) is 39.8 Å². The molecule has 1 atom stereocenters. The molecule has 34 heavy (non-hydrogen) atoms. The lowest BCUT2D eigenvalue weighted by molar-refractivity contribution is -0.0227. The van der Waals surface area contributed by atoms with Crippen LogP contribution in [0.25, 0.3) is 22.3 Å². The van der Waals surface area contributed by atoms with Crippen LogP contribution in [0.1, 0.15) is 53.4 Å². The minimum Gasteiger partial charge on any atom is -0.466 e. The van der Waals surface area contributed by atoms with E-state index in [1.165, 1.54) is 0 Å². The minimum absolute atomic E-state index is 0.0583. The summed E-state index contributed by atoms with van der Waals surface area (Å²) in [7, 11) is 0. The van der Waals surface area contributed by atoms with Crippen molar-refractivity contribution in [2.75, 3.05) is 19.7 Å². The highest BCUT2D eigenvalue weighted by atomic mass is 35.5. The molecular formula is C26H27ClN4O3. The van der Waals surface area contributed by atoms with Gasteiger partial charge in [-0.2, -0.15) is 5.10 Å². The summed E-state index contributed by atoms with van der Waals surface area (Å²) in [6, 6.07) is 11.5. The van der Waals surface area contributed by atoms with Gasteiger partial charge in [-0.1, -0.05) is 23.7 Å². The number of furan rings is 1. The van der Waals surface area contributed by atoms with Gasteiger partial charge >= 0.3 is 0 Å². The average Bonchev–Trinajstić information content (AvgIpc) is 3.41. The number of pyridine rings is 1. The van der Waals surface area contributed by atoms with Gasteiger partial charge in [0.1, 0.15) is 17.6 Å². The Balaban J connectivity index is 1.56. The largest absolute Gasteiger partial charge is 0.466 e. The van der Waals surface area contributed by atoms with Crippen molar-refractivity contribution in [3.8, 4) is 11.3 Å². The number of ether oxygens (including phenoxy) is 1. The van der Waals surface area contributed by atoms with Gasteiger partial charge in [0.25, 0.3) is 5.91 Å². The number of halogens is 1. The summed E-state index contributed by atoms with van der Waals surface area (Å²) >= 11 is 6.04. The van der Waals surface area contributed by atoms with Crippen LogP contribution < -0.4 is 0 Å². The SMILES string of the molecule is Cc1cc(-c2cc(C(=O)N3CCOC(c4ccc(Cl)cc4)C3)c3cnn(C(C)C)c3n2)c(C)o1. The molecule has 176 valence electrons. The van der Waals surface area contributed by atoms with Crippen molar-refractivity contribution < 1.29 is 13.9 Å². The topological polar surface area (TPSA) is 73.4 Å². The monoisotopic (exact) mass is 478 g/mol. The van der Waals surface area contributed by atoms with Crippen LogP contribution in [0.3, 0.4) is 0 Å². The molecule has 4 aromatic rings. The van der Waals surface area contributed by atoms with Gasteiger partial charge in [-0.25, -0.2) is 9.67 Å². The molecule has 0 saturated carbocycles. The van der Waals surface area contributed by atoms with Gasteiger partial charge in [-0.15, -0.1) is 0 Å². The van der Waals surface area contributed by atoms with Crippen molar-refractivity contribution in [2.24, 2.45) is 0 Å². The number of carbonyl (C=O) groups excluding carboxylic acids is 1. The summed E-state index contributed by atoms with van der Waals surface area (Å²) in [5.41, 5.74) is 3.86. The zero-order valence-corrected chi connectivity index (χ0v) is 20.5. The number of hydrogen-bond donors (Lipinski definition) is 0. The van der Waals surface area contributed by atoms with E-state index in [1.807, 2.05) is 73.7 Å². The van der Waals surface area contributed by atoms with E-state index in [1.54, 1.807) is 6.20 Å². The molecule has 1 unspecified atom stereocenters. The molecule has 4 heterocycles. The first kappa shape index (κ1) is 22.6. The van der Waals surface area contributed by atoms with Crippen molar-refractivity contribution in [3.63, 3.8) is 0 Å². The highest BCUT2D eigenvalue weighted by Crippen LogP contribution is 2.32. The second-order valence-corrected chi connectivity index (χ2v) is 9.40. The lowest BCUT2D eigenvalue weighted by Crippen LogP contribution is -2.42. The van der Waals surface area contributed by atoms with Crippen LogP contribution in [0.4, 0.5) is 0 Å². The third-order valence-corrected chi connectivity index (χ3v) is 6.45. The van der Waals surface area contributed by atoms with E-state index in [-0.39, 0.29) is 18.1 Å². The lowest BCUT2D eigenvalue weighted by atomic mass is 10.0. The zero-order chi connectivity index (χ0) is 24.0. The number of carbonyl (C=O) groups is 1. The second-order valence-electron chi connectivity index (χ2n) is 8.96. The Kier molecular flexibility index (Phi) is 5.91. The average molecular weight is 479 g/mol. The number of fused-ring (bicyclic) bond motifs is 1. The number of nitrogens with zero attached hydrogens (tertiary/aromatic N) is 4. The Morgan fingerprint density at radius 1 is 1.18 bits per heavy atom. The fourth-order valence-electron chi connectivity index (χ4n) is 4.48. The number of hydrogen-bond acceptors (Lipinski definition) is 5. The van der Waals surface area contributed by atoms with Gasteiger partial charge in [0.05, 0.1) is 36.0 Å². The van der Waals surface area contributed by atoms with E-state index in [9.17, 15) is 4.79 Å². The molecule has 1 aliphatic rings. The summed E-state index contributed by atoms with van der Waals surface area (Å²) in [6.45, 7) is 9.36. The molecule has 7 nitrogen and oxygen atoms in total. The second kappa shape index (κ2) is 8.89. The quantitative estimate of drug-likeness (QED) is 0.373. The maximum absolute atomic E-state index is 13.9. The fourth-order valence-corrected chi connectivity index (χ4v) is 4.61. The molecule has 0 bridgehead atoms. The van der Waals surface area contributed by atoms with Gasteiger partial charge in [-0.3, -0.25) is 4.79 Å². The van der Waals surface area contributed by atoms with Crippen molar-refractivity contribution in [1.29, 1.82) is 0 Å². The molecule has 0 radical (unpaired) electrons. The van der Waals surface area contributed by atoms with Crippen LogP contribution in [-0.4, -0.2) is 45.3 Å². The normalized spacial score (nSPS) is 16.5. The molecule has 0 N–H and O–H groups in total. The molecule has 8 heteroatoms. The first-order valence-corrected chi connectivity index (χ1v) is 11.8. The highest BCUT2D eigenvalue weighted by Gasteiger charge is 2.29. The van der Waals surface area contributed by atoms with Crippen LogP contribution >= 0.6 is 11.6 Å². The summed E-state index contributed by atoms with van der Waals surface area (Å²) < 4.78 is 13.6. The van der Waals surface area contributed by atoms with Gasteiger partial charge < -0.3 is 14.1 Å². The maximum Gasteiger partial charge on any atom is 0.254 e. The molecule has 1 saturated heterocycles. The lowest BCUT2D eigenvalue weighted by Gasteiger charge is -2.33. The van der Waals surface area contributed by atoms with Crippen LogP contribution in [0, 0.1) is 13.8 Å². The number of amides is 1. The summed E-state index contributed by atoms with van der Waals surface area (Å²) in [5, 5.41) is 5.96. The third-order valence-electron chi connectivity index (χ3n) is 6.20. The summed E-state index contributed by atoms with van der Waals surface area (Å²) in [4.78, 5) is 20.6. The number of benzene rings is 1. The molecule has 1 aromatic carbocycles. The summed E-state index contributed by atoms with van der Waals surface area (Å²) in [5.74, 6) is 1.52. The maximum atomic E-state index is 13.9. The van der Waals surface area contributed by atoms with Crippen molar-refractivity contribution in [3.05, 3.63) is 70.3 Å². The predicted octanol–water partition coefficient (Wildman–Crippen LogP) is 5.76. The van der Waals surface area contributed by atoms with E-state index in [0.29, 0.717) is 41.6 Å².